The van der Waals surface area contributed by atoms with Gasteiger partial charge in [-0.15, -0.1) is 0 Å². The lowest BCUT2D eigenvalue weighted by Crippen LogP contribution is -2.55. The molecule has 0 bridgehead atoms. The van der Waals surface area contributed by atoms with Crippen molar-refractivity contribution in [2.24, 2.45) is 0 Å². The number of aliphatic hydroxyl groups is 8. The van der Waals surface area contributed by atoms with Crippen LogP contribution in [0.3, 0.4) is 0 Å². The van der Waals surface area contributed by atoms with E-state index in [4.69, 9.17) is 9.47 Å². The van der Waals surface area contributed by atoms with Crippen LogP contribution in [-0.2, 0) is 9.47 Å². The van der Waals surface area contributed by atoms with Gasteiger partial charge in [0, 0.05) is 0 Å². The average molecular weight is 402 g/mol. The van der Waals surface area contributed by atoms with E-state index < -0.39 is 74.3 Å². The largest absolute Gasteiger partial charge is 0.394 e. The van der Waals surface area contributed by atoms with Crippen LogP contribution in [0.1, 0.15) is 23.3 Å². The lowest BCUT2D eigenvalue weighted by Gasteiger charge is -2.41. The van der Waals surface area contributed by atoms with E-state index in [2.05, 4.69) is 0 Å². The Balaban J connectivity index is 1.79. The quantitative estimate of drug-likeness (QED) is 0.254. The Bertz CT molecular complexity index is 581. The van der Waals surface area contributed by atoms with E-state index in [-0.39, 0.29) is 0 Å². The first kappa shape index (κ1) is 21.5. The molecule has 28 heavy (non-hydrogen) atoms. The van der Waals surface area contributed by atoms with Crippen LogP contribution in [0.2, 0.25) is 0 Å². The Morgan fingerprint density at radius 2 is 0.857 bits per heavy atom. The SMILES string of the molecule is OCC1OC(c2ccc(C3OC(CO)C(O)C(O)C3O)cc2)C(O)C(O)C1O. The van der Waals surface area contributed by atoms with Crippen LogP contribution < -0.4 is 0 Å². The first-order valence-corrected chi connectivity index (χ1v) is 9.01. The van der Waals surface area contributed by atoms with Crippen LogP contribution in [-0.4, -0.2) is 103 Å². The lowest BCUT2D eigenvalue weighted by molar-refractivity contribution is -0.232. The van der Waals surface area contributed by atoms with E-state index in [0.717, 1.165) is 0 Å². The molecule has 0 aromatic heterocycles. The summed E-state index contributed by atoms with van der Waals surface area (Å²) in [6, 6.07) is 6.18. The van der Waals surface area contributed by atoms with Crippen LogP contribution in [0, 0.1) is 0 Å². The van der Waals surface area contributed by atoms with Crippen molar-refractivity contribution >= 4 is 0 Å². The zero-order valence-electron chi connectivity index (χ0n) is 14.9. The van der Waals surface area contributed by atoms with Gasteiger partial charge in [-0.2, -0.15) is 0 Å². The number of benzene rings is 1. The van der Waals surface area contributed by atoms with Crippen LogP contribution >= 0.6 is 0 Å². The molecule has 2 aliphatic rings. The van der Waals surface area contributed by atoms with Crippen molar-refractivity contribution in [1.29, 1.82) is 0 Å². The van der Waals surface area contributed by atoms with Gasteiger partial charge in [0.25, 0.3) is 0 Å². The summed E-state index contributed by atoms with van der Waals surface area (Å²) in [7, 11) is 0. The van der Waals surface area contributed by atoms with Crippen molar-refractivity contribution in [3.8, 4) is 0 Å². The minimum absolute atomic E-state index is 0.449. The van der Waals surface area contributed by atoms with Gasteiger partial charge in [-0.25, -0.2) is 0 Å². The van der Waals surface area contributed by atoms with E-state index in [1.165, 1.54) is 0 Å². The van der Waals surface area contributed by atoms with Crippen LogP contribution in [0.5, 0.6) is 0 Å². The fourth-order valence-corrected chi connectivity index (χ4v) is 3.63. The molecule has 0 spiro atoms. The normalized spacial score (nSPS) is 44.4. The second-order valence-electron chi connectivity index (χ2n) is 7.17. The summed E-state index contributed by atoms with van der Waals surface area (Å²) in [6.07, 6.45) is -12.8. The predicted molar refractivity (Wildman–Crippen MR) is 91.9 cm³/mol. The molecule has 1 aromatic rings. The number of rotatable bonds is 4. The average Bonchev–Trinajstić information content (AvgIpc) is 2.71. The van der Waals surface area contributed by atoms with Crippen molar-refractivity contribution in [3.63, 3.8) is 0 Å². The summed E-state index contributed by atoms with van der Waals surface area (Å²) in [4.78, 5) is 0. The number of hydrogen-bond acceptors (Lipinski definition) is 10. The second kappa shape index (κ2) is 8.67. The van der Waals surface area contributed by atoms with Crippen molar-refractivity contribution in [3.05, 3.63) is 35.4 Å². The topological polar surface area (TPSA) is 180 Å². The molecule has 2 heterocycles. The summed E-state index contributed by atoms with van der Waals surface area (Å²) in [6.45, 7) is -1.07. The minimum atomic E-state index is -1.50. The molecule has 10 heteroatoms. The molecule has 0 amide bonds. The van der Waals surface area contributed by atoms with Gasteiger partial charge in [0.05, 0.1) is 13.2 Å². The first-order valence-electron chi connectivity index (χ1n) is 9.01. The monoisotopic (exact) mass is 402 g/mol. The maximum absolute atomic E-state index is 10.2. The van der Waals surface area contributed by atoms with Gasteiger partial charge in [-0.1, -0.05) is 24.3 Å². The summed E-state index contributed by atoms with van der Waals surface area (Å²) in [5.74, 6) is 0. The third-order valence-electron chi connectivity index (χ3n) is 5.38. The highest BCUT2D eigenvalue weighted by Gasteiger charge is 2.45. The van der Waals surface area contributed by atoms with Gasteiger partial charge >= 0.3 is 0 Å². The summed E-state index contributed by atoms with van der Waals surface area (Å²) < 4.78 is 11.0. The summed E-state index contributed by atoms with van der Waals surface area (Å²) >= 11 is 0. The van der Waals surface area contributed by atoms with Crippen molar-refractivity contribution in [2.45, 2.75) is 61.0 Å². The molecule has 3 rings (SSSR count). The highest BCUT2D eigenvalue weighted by atomic mass is 16.6. The zero-order chi connectivity index (χ0) is 20.6. The smallest absolute Gasteiger partial charge is 0.113 e. The third kappa shape index (κ3) is 3.81. The maximum Gasteiger partial charge on any atom is 0.113 e. The summed E-state index contributed by atoms with van der Waals surface area (Å²) in [5, 5.41) is 78.5. The molecule has 8 N–H and O–H groups in total. The minimum Gasteiger partial charge on any atom is -0.394 e. The van der Waals surface area contributed by atoms with Crippen LogP contribution in [0.15, 0.2) is 24.3 Å². The second-order valence-corrected chi connectivity index (χ2v) is 7.17. The number of ether oxygens (including phenoxy) is 2. The molecule has 0 saturated carbocycles. The van der Waals surface area contributed by atoms with E-state index in [1.807, 2.05) is 0 Å². The maximum atomic E-state index is 10.2. The zero-order valence-corrected chi connectivity index (χ0v) is 14.9. The van der Waals surface area contributed by atoms with Gasteiger partial charge in [0.1, 0.15) is 61.0 Å². The molecule has 0 aliphatic carbocycles. The van der Waals surface area contributed by atoms with Crippen molar-refractivity contribution in [1.82, 2.24) is 0 Å². The van der Waals surface area contributed by atoms with E-state index in [9.17, 15) is 40.9 Å². The number of hydrogen-bond donors (Lipinski definition) is 8. The Labute approximate surface area is 160 Å². The Kier molecular flexibility index (Phi) is 6.67. The number of aliphatic hydroxyl groups excluding tert-OH is 8. The molecular weight excluding hydrogens is 376 g/mol. The molecule has 2 saturated heterocycles. The third-order valence-corrected chi connectivity index (χ3v) is 5.38. The first-order chi connectivity index (χ1) is 13.3. The molecule has 1 aromatic carbocycles. The van der Waals surface area contributed by atoms with Gasteiger partial charge < -0.3 is 50.3 Å². The molecule has 2 fully saturated rings. The molecular formula is C18H26O10. The molecule has 0 radical (unpaired) electrons. The highest BCUT2D eigenvalue weighted by molar-refractivity contribution is 5.28. The summed E-state index contributed by atoms with van der Waals surface area (Å²) in [5.41, 5.74) is 0.899. The van der Waals surface area contributed by atoms with Gasteiger partial charge in [0.2, 0.25) is 0 Å². The lowest BCUT2D eigenvalue weighted by atomic mass is 9.88. The fourth-order valence-electron chi connectivity index (χ4n) is 3.63. The van der Waals surface area contributed by atoms with Gasteiger partial charge in [-0.05, 0) is 11.1 Å². The van der Waals surface area contributed by atoms with Crippen molar-refractivity contribution < 1.29 is 50.3 Å². The molecule has 10 nitrogen and oxygen atoms in total. The molecule has 10 unspecified atom stereocenters. The fraction of sp³-hybridized carbons (Fsp3) is 0.667. The van der Waals surface area contributed by atoms with E-state index in [0.29, 0.717) is 11.1 Å². The highest BCUT2D eigenvalue weighted by Crippen LogP contribution is 2.35. The molecule has 2 aliphatic heterocycles. The Morgan fingerprint density at radius 3 is 1.14 bits per heavy atom. The molecule has 158 valence electrons. The van der Waals surface area contributed by atoms with Crippen LogP contribution in [0.25, 0.3) is 0 Å². The van der Waals surface area contributed by atoms with Gasteiger partial charge in [-0.3, -0.25) is 0 Å². The molecule has 10 atom stereocenters. The Morgan fingerprint density at radius 1 is 0.536 bits per heavy atom. The van der Waals surface area contributed by atoms with Crippen molar-refractivity contribution in [2.75, 3.05) is 13.2 Å². The van der Waals surface area contributed by atoms with Crippen LogP contribution in [0.4, 0.5) is 0 Å². The van der Waals surface area contributed by atoms with E-state index in [1.54, 1.807) is 24.3 Å². The Hall–Kier alpha value is -1.18. The van der Waals surface area contributed by atoms with E-state index >= 15 is 0 Å². The standard InChI is InChI=1S/C18H26O10/c19-5-9-11(21)13(23)15(25)17(27-9)7-1-2-8(4-3-7)18-16(26)14(24)12(22)10(6-20)28-18/h1-4,9-26H,5-6H2. The van der Waals surface area contributed by atoms with Gasteiger partial charge in [0.15, 0.2) is 0 Å². The predicted octanol–water partition coefficient (Wildman–Crippen LogP) is -3.28.